The zero-order chi connectivity index (χ0) is 22.6. The third-order valence-electron chi connectivity index (χ3n) is 4.25. The SMILES string of the molecule is CC(C)OCc1cccc(CNC(=O)c2nnn(-c3ccc(F)cc3)c2C(F)(F)F)c1. The largest absolute Gasteiger partial charge is 0.435 e. The second-order valence-electron chi connectivity index (χ2n) is 7.04. The van der Waals surface area contributed by atoms with Crippen molar-refractivity contribution in [3.05, 3.63) is 76.9 Å². The summed E-state index contributed by atoms with van der Waals surface area (Å²) < 4.78 is 60.1. The highest BCUT2D eigenvalue weighted by Crippen LogP contribution is 2.32. The second kappa shape index (κ2) is 9.25. The number of alkyl halides is 3. The van der Waals surface area contributed by atoms with Crippen molar-refractivity contribution in [3.63, 3.8) is 0 Å². The average Bonchev–Trinajstić information content (AvgIpc) is 3.17. The van der Waals surface area contributed by atoms with Crippen LogP contribution in [0.4, 0.5) is 17.6 Å². The van der Waals surface area contributed by atoms with Crippen molar-refractivity contribution < 1.29 is 27.1 Å². The summed E-state index contributed by atoms with van der Waals surface area (Å²) in [6.07, 6.45) is -4.86. The van der Waals surface area contributed by atoms with Crippen LogP contribution in [-0.2, 0) is 24.1 Å². The highest BCUT2D eigenvalue weighted by molar-refractivity contribution is 5.93. The monoisotopic (exact) mass is 436 g/mol. The zero-order valence-corrected chi connectivity index (χ0v) is 16.8. The van der Waals surface area contributed by atoms with Gasteiger partial charge in [-0.3, -0.25) is 4.79 Å². The predicted octanol–water partition coefficient (Wildman–Crippen LogP) is 4.28. The Morgan fingerprint density at radius 2 is 1.81 bits per heavy atom. The molecular formula is C21H20F4N4O2. The van der Waals surface area contributed by atoms with Gasteiger partial charge in [-0.2, -0.15) is 13.2 Å². The number of hydrogen-bond donors (Lipinski definition) is 1. The van der Waals surface area contributed by atoms with Gasteiger partial charge < -0.3 is 10.1 Å². The summed E-state index contributed by atoms with van der Waals surface area (Å²) in [5.74, 6) is -1.64. The molecule has 0 aliphatic rings. The molecule has 1 heterocycles. The van der Waals surface area contributed by atoms with Gasteiger partial charge in [-0.05, 0) is 49.2 Å². The maximum atomic E-state index is 13.7. The summed E-state index contributed by atoms with van der Waals surface area (Å²) >= 11 is 0. The van der Waals surface area contributed by atoms with Gasteiger partial charge in [0, 0.05) is 6.54 Å². The third-order valence-corrected chi connectivity index (χ3v) is 4.25. The van der Waals surface area contributed by atoms with Gasteiger partial charge in [0.2, 0.25) is 0 Å². The van der Waals surface area contributed by atoms with E-state index in [1.165, 1.54) is 0 Å². The number of aromatic nitrogens is 3. The van der Waals surface area contributed by atoms with E-state index >= 15 is 0 Å². The van der Waals surface area contributed by atoms with E-state index in [0.29, 0.717) is 16.9 Å². The van der Waals surface area contributed by atoms with Crippen molar-refractivity contribution in [1.82, 2.24) is 20.3 Å². The molecule has 2 aromatic carbocycles. The minimum Gasteiger partial charge on any atom is -0.374 e. The summed E-state index contributed by atoms with van der Waals surface area (Å²) in [5.41, 5.74) is -0.707. The topological polar surface area (TPSA) is 69.0 Å². The van der Waals surface area contributed by atoms with E-state index in [4.69, 9.17) is 4.74 Å². The predicted molar refractivity (Wildman–Crippen MR) is 104 cm³/mol. The van der Waals surface area contributed by atoms with Crippen LogP contribution in [0.2, 0.25) is 0 Å². The van der Waals surface area contributed by atoms with Gasteiger partial charge >= 0.3 is 6.18 Å². The van der Waals surface area contributed by atoms with Crippen LogP contribution in [0.15, 0.2) is 48.5 Å². The van der Waals surface area contributed by atoms with E-state index in [0.717, 1.165) is 29.8 Å². The quantitative estimate of drug-likeness (QED) is 0.562. The van der Waals surface area contributed by atoms with Crippen LogP contribution in [0, 0.1) is 5.82 Å². The van der Waals surface area contributed by atoms with Crippen molar-refractivity contribution >= 4 is 5.91 Å². The standard InChI is InChI=1S/C21H20F4N4O2/c1-13(2)31-12-15-5-3-4-14(10-15)11-26-20(30)18-19(21(23,24)25)29(28-27-18)17-8-6-16(22)7-9-17/h3-10,13H,11-12H2,1-2H3,(H,26,30). The highest BCUT2D eigenvalue weighted by atomic mass is 19.4. The molecular weight excluding hydrogens is 416 g/mol. The molecule has 0 saturated heterocycles. The summed E-state index contributed by atoms with van der Waals surface area (Å²) in [4.78, 5) is 12.5. The van der Waals surface area contributed by atoms with E-state index in [-0.39, 0.29) is 18.3 Å². The lowest BCUT2D eigenvalue weighted by Crippen LogP contribution is -2.27. The molecule has 1 aromatic heterocycles. The van der Waals surface area contributed by atoms with Crippen LogP contribution < -0.4 is 5.32 Å². The highest BCUT2D eigenvalue weighted by Gasteiger charge is 2.42. The molecule has 164 valence electrons. The van der Waals surface area contributed by atoms with Crippen molar-refractivity contribution in [2.75, 3.05) is 0 Å². The first-order valence-corrected chi connectivity index (χ1v) is 9.41. The molecule has 0 unspecified atom stereocenters. The summed E-state index contributed by atoms with van der Waals surface area (Å²) in [5, 5.41) is 9.33. The molecule has 1 amide bonds. The number of carbonyl (C=O) groups is 1. The number of halogens is 4. The first kappa shape index (κ1) is 22.4. The number of amides is 1. The number of hydrogen-bond acceptors (Lipinski definition) is 4. The second-order valence-corrected chi connectivity index (χ2v) is 7.04. The fourth-order valence-corrected chi connectivity index (χ4v) is 2.81. The lowest BCUT2D eigenvalue weighted by atomic mass is 10.1. The summed E-state index contributed by atoms with van der Waals surface area (Å²) in [7, 11) is 0. The van der Waals surface area contributed by atoms with Crippen LogP contribution in [-0.4, -0.2) is 27.0 Å². The maximum absolute atomic E-state index is 13.7. The molecule has 3 rings (SSSR count). The number of rotatable bonds is 7. The Hall–Kier alpha value is -3.27. The van der Waals surface area contributed by atoms with Crippen molar-refractivity contribution in [1.29, 1.82) is 0 Å². The van der Waals surface area contributed by atoms with E-state index < -0.39 is 29.3 Å². The first-order valence-electron chi connectivity index (χ1n) is 9.41. The van der Waals surface area contributed by atoms with Crippen molar-refractivity contribution in [2.24, 2.45) is 0 Å². The number of nitrogens with zero attached hydrogens (tertiary/aromatic N) is 3. The van der Waals surface area contributed by atoms with Crippen LogP contribution in [0.5, 0.6) is 0 Å². The molecule has 31 heavy (non-hydrogen) atoms. The average molecular weight is 436 g/mol. The lowest BCUT2D eigenvalue weighted by Gasteiger charge is -2.12. The Morgan fingerprint density at radius 3 is 2.45 bits per heavy atom. The fraction of sp³-hybridized carbons (Fsp3) is 0.286. The van der Waals surface area contributed by atoms with E-state index in [9.17, 15) is 22.4 Å². The molecule has 0 aliphatic heterocycles. The molecule has 3 aromatic rings. The molecule has 0 spiro atoms. The minimum absolute atomic E-state index is 0.00490. The van der Waals surface area contributed by atoms with Crippen molar-refractivity contribution in [3.8, 4) is 5.69 Å². The molecule has 6 nitrogen and oxygen atoms in total. The van der Waals surface area contributed by atoms with E-state index in [1.807, 2.05) is 19.9 Å². The molecule has 0 bridgehead atoms. The molecule has 0 aliphatic carbocycles. The van der Waals surface area contributed by atoms with Gasteiger partial charge in [0.25, 0.3) is 5.91 Å². The zero-order valence-electron chi connectivity index (χ0n) is 16.8. The molecule has 0 saturated carbocycles. The molecule has 0 atom stereocenters. The Morgan fingerprint density at radius 1 is 1.13 bits per heavy atom. The number of nitrogens with one attached hydrogen (secondary N) is 1. The van der Waals surface area contributed by atoms with Gasteiger partial charge in [0.1, 0.15) is 5.82 Å². The smallest absolute Gasteiger partial charge is 0.374 e. The first-order chi connectivity index (χ1) is 14.6. The molecule has 1 N–H and O–H groups in total. The van der Waals surface area contributed by atoms with E-state index in [2.05, 4.69) is 15.6 Å². The van der Waals surface area contributed by atoms with Crippen LogP contribution >= 0.6 is 0 Å². The van der Waals surface area contributed by atoms with Crippen molar-refractivity contribution in [2.45, 2.75) is 39.3 Å². The van der Waals surface area contributed by atoms with Crippen LogP contribution in [0.1, 0.15) is 41.2 Å². The Bertz CT molecular complexity index is 1050. The normalized spacial score (nSPS) is 11.7. The molecule has 0 radical (unpaired) electrons. The Labute approximate surface area is 175 Å². The minimum atomic E-state index is -4.90. The number of carbonyl (C=O) groups excluding carboxylic acids is 1. The van der Waals surface area contributed by atoms with Gasteiger partial charge in [0.05, 0.1) is 18.4 Å². The Kier molecular flexibility index (Phi) is 6.69. The number of ether oxygens (including phenoxy) is 1. The number of benzene rings is 2. The van der Waals surface area contributed by atoms with Gasteiger partial charge in [0.15, 0.2) is 11.4 Å². The lowest BCUT2D eigenvalue weighted by molar-refractivity contribution is -0.143. The molecule has 10 heteroatoms. The molecule has 0 fully saturated rings. The fourth-order valence-electron chi connectivity index (χ4n) is 2.81. The Balaban J connectivity index is 1.79. The maximum Gasteiger partial charge on any atom is 0.435 e. The third kappa shape index (κ3) is 5.66. The summed E-state index contributed by atoms with van der Waals surface area (Å²) in [6, 6.07) is 11.4. The van der Waals surface area contributed by atoms with Gasteiger partial charge in [-0.1, -0.05) is 29.5 Å². The summed E-state index contributed by atoms with van der Waals surface area (Å²) in [6.45, 7) is 4.18. The van der Waals surface area contributed by atoms with Crippen LogP contribution in [0.3, 0.4) is 0 Å². The van der Waals surface area contributed by atoms with E-state index in [1.54, 1.807) is 18.2 Å². The van der Waals surface area contributed by atoms with Gasteiger partial charge in [-0.25, -0.2) is 9.07 Å². The van der Waals surface area contributed by atoms with Crippen LogP contribution in [0.25, 0.3) is 5.69 Å². The van der Waals surface area contributed by atoms with Gasteiger partial charge in [-0.15, -0.1) is 5.10 Å².